The fraction of sp³-hybridized carbons (Fsp3) is 0.304. The smallest absolute Gasteiger partial charge is 0.290 e. The van der Waals surface area contributed by atoms with E-state index in [0.717, 1.165) is 6.54 Å². The van der Waals surface area contributed by atoms with E-state index in [2.05, 4.69) is 0 Å². The van der Waals surface area contributed by atoms with Crippen LogP contribution in [-0.4, -0.2) is 45.1 Å². The first kappa shape index (κ1) is 20.1. The fourth-order valence-electron chi connectivity index (χ4n) is 3.98. The van der Waals surface area contributed by atoms with Crippen molar-refractivity contribution in [1.29, 1.82) is 0 Å². The lowest BCUT2D eigenvalue weighted by Crippen LogP contribution is -3.05. The summed E-state index contributed by atoms with van der Waals surface area (Å²) in [5.41, 5.74) is 0.441. The van der Waals surface area contributed by atoms with Crippen LogP contribution in [0.4, 0.5) is 4.39 Å². The third kappa shape index (κ3) is 3.35. The molecule has 2 heterocycles. The predicted octanol–water partition coefficient (Wildman–Crippen LogP) is 2.02. The Morgan fingerprint density at radius 1 is 1.17 bits per heavy atom. The van der Waals surface area contributed by atoms with Crippen LogP contribution in [0.5, 0.6) is 5.75 Å². The first-order chi connectivity index (χ1) is 14.4. The number of fused-ring (bicyclic) bond motifs is 2. The Hall–Kier alpha value is -3.19. The lowest BCUT2D eigenvalue weighted by molar-refractivity contribution is -0.858. The van der Waals surface area contributed by atoms with E-state index in [1.807, 2.05) is 14.1 Å². The van der Waals surface area contributed by atoms with Crippen LogP contribution in [0.15, 0.2) is 51.7 Å². The van der Waals surface area contributed by atoms with Crippen molar-refractivity contribution in [2.45, 2.75) is 12.5 Å². The highest BCUT2D eigenvalue weighted by Crippen LogP contribution is 2.39. The summed E-state index contributed by atoms with van der Waals surface area (Å²) in [5, 5.41) is 0.336. The van der Waals surface area contributed by atoms with Crippen LogP contribution in [0, 0.1) is 5.82 Å². The minimum absolute atomic E-state index is 0.0220. The second-order valence-electron chi connectivity index (χ2n) is 7.77. The summed E-state index contributed by atoms with van der Waals surface area (Å²) in [6, 6.07) is 10.3. The Morgan fingerprint density at radius 2 is 1.93 bits per heavy atom. The molecule has 2 aromatic carbocycles. The van der Waals surface area contributed by atoms with E-state index >= 15 is 0 Å². The molecule has 0 unspecified atom stereocenters. The maximum atomic E-state index is 14.7. The number of hydrogen-bond acceptors (Lipinski definition) is 4. The van der Waals surface area contributed by atoms with Gasteiger partial charge in [0.25, 0.3) is 5.91 Å². The third-order valence-corrected chi connectivity index (χ3v) is 5.45. The third-order valence-electron chi connectivity index (χ3n) is 5.45. The van der Waals surface area contributed by atoms with Gasteiger partial charge in [-0.3, -0.25) is 9.59 Å². The zero-order valence-electron chi connectivity index (χ0n) is 17.2. The van der Waals surface area contributed by atoms with E-state index < -0.39 is 17.8 Å². The summed E-state index contributed by atoms with van der Waals surface area (Å²) in [6.45, 7) is 1.23. The average Bonchev–Trinajstić information content (AvgIpc) is 3.00. The molecule has 1 aliphatic rings. The Balaban J connectivity index is 1.90. The van der Waals surface area contributed by atoms with E-state index in [0.29, 0.717) is 29.7 Å². The number of benzene rings is 2. The molecule has 0 spiro atoms. The Labute approximate surface area is 173 Å². The van der Waals surface area contributed by atoms with Crippen LogP contribution < -0.4 is 15.1 Å². The molecule has 0 fully saturated rings. The number of methoxy groups -OCH3 is 1. The molecule has 0 aliphatic carbocycles. The number of amides is 1. The van der Waals surface area contributed by atoms with E-state index in [-0.39, 0.29) is 22.3 Å². The van der Waals surface area contributed by atoms with Crippen LogP contribution in [0.1, 0.15) is 34.1 Å². The van der Waals surface area contributed by atoms with Crippen molar-refractivity contribution in [1.82, 2.24) is 4.90 Å². The van der Waals surface area contributed by atoms with Crippen molar-refractivity contribution in [3.05, 3.63) is 75.4 Å². The summed E-state index contributed by atoms with van der Waals surface area (Å²) in [6.07, 6.45) is 0.717. The highest BCUT2D eigenvalue weighted by Gasteiger charge is 2.43. The highest BCUT2D eigenvalue weighted by atomic mass is 19.1. The molecule has 156 valence electrons. The molecule has 1 N–H and O–H groups in total. The largest absolute Gasteiger partial charge is 0.497 e. The molecular weight excluding hydrogens is 387 g/mol. The van der Waals surface area contributed by atoms with Gasteiger partial charge in [0.2, 0.25) is 5.76 Å². The second-order valence-corrected chi connectivity index (χ2v) is 7.77. The van der Waals surface area contributed by atoms with Gasteiger partial charge in [-0.15, -0.1) is 0 Å². The number of rotatable bonds is 6. The molecule has 1 aromatic heterocycles. The average molecular weight is 411 g/mol. The van der Waals surface area contributed by atoms with Gasteiger partial charge in [-0.2, -0.15) is 0 Å². The number of nitrogens with zero attached hydrogens (tertiary/aromatic N) is 1. The van der Waals surface area contributed by atoms with Crippen molar-refractivity contribution in [3.8, 4) is 5.75 Å². The zero-order chi connectivity index (χ0) is 21.4. The minimum Gasteiger partial charge on any atom is -0.497 e. The fourth-order valence-corrected chi connectivity index (χ4v) is 3.98. The Morgan fingerprint density at radius 3 is 2.63 bits per heavy atom. The lowest BCUT2D eigenvalue weighted by Gasteiger charge is -2.25. The van der Waals surface area contributed by atoms with E-state index in [1.54, 1.807) is 41.3 Å². The van der Waals surface area contributed by atoms with Gasteiger partial charge in [-0.05, 0) is 18.2 Å². The summed E-state index contributed by atoms with van der Waals surface area (Å²) in [4.78, 5) is 29.4. The van der Waals surface area contributed by atoms with Gasteiger partial charge in [0.05, 0.1) is 44.7 Å². The molecule has 1 aliphatic heterocycles. The molecule has 0 saturated carbocycles. The number of ether oxygens (including phenoxy) is 1. The van der Waals surface area contributed by atoms with Crippen LogP contribution >= 0.6 is 0 Å². The van der Waals surface area contributed by atoms with Gasteiger partial charge in [0, 0.05) is 24.6 Å². The van der Waals surface area contributed by atoms with E-state index in [1.165, 1.54) is 18.1 Å². The van der Waals surface area contributed by atoms with Crippen molar-refractivity contribution in [2.24, 2.45) is 0 Å². The molecule has 4 rings (SSSR count). The van der Waals surface area contributed by atoms with E-state index in [9.17, 15) is 14.0 Å². The van der Waals surface area contributed by atoms with Crippen LogP contribution in [-0.2, 0) is 0 Å². The number of hydrogen-bond donors (Lipinski definition) is 1. The molecule has 30 heavy (non-hydrogen) atoms. The molecule has 6 nitrogen and oxygen atoms in total. The van der Waals surface area contributed by atoms with Crippen molar-refractivity contribution >= 4 is 16.9 Å². The molecule has 3 aromatic rings. The summed E-state index contributed by atoms with van der Waals surface area (Å²) >= 11 is 0. The van der Waals surface area contributed by atoms with Gasteiger partial charge in [0.15, 0.2) is 5.43 Å². The summed E-state index contributed by atoms with van der Waals surface area (Å²) in [5.74, 6) is -0.354. The number of quaternary nitrogens is 1. The SMILES string of the molecule is COc1ccc2c(=O)c3c(oc2c1)C(=O)N(CCC[NH+](C)C)[C@H]3c1ccccc1F. The molecule has 0 radical (unpaired) electrons. The zero-order valence-corrected chi connectivity index (χ0v) is 17.2. The monoisotopic (exact) mass is 411 g/mol. The molecule has 0 bridgehead atoms. The summed E-state index contributed by atoms with van der Waals surface area (Å²) < 4.78 is 25.8. The van der Waals surface area contributed by atoms with Crippen LogP contribution in [0.25, 0.3) is 11.0 Å². The maximum absolute atomic E-state index is 14.7. The van der Waals surface area contributed by atoms with E-state index in [4.69, 9.17) is 9.15 Å². The van der Waals surface area contributed by atoms with Crippen LogP contribution in [0.2, 0.25) is 0 Å². The number of nitrogens with one attached hydrogen (secondary N) is 1. The van der Waals surface area contributed by atoms with Gasteiger partial charge >= 0.3 is 0 Å². The van der Waals surface area contributed by atoms with Gasteiger partial charge in [-0.25, -0.2) is 4.39 Å². The van der Waals surface area contributed by atoms with Crippen molar-refractivity contribution in [2.75, 3.05) is 34.3 Å². The first-order valence-electron chi connectivity index (χ1n) is 9.91. The Kier molecular flexibility index (Phi) is 5.30. The maximum Gasteiger partial charge on any atom is 0.290 e. The highest BCUT2D eigenvalue weighted by molar-refractivity contribution is 5.99. The Bertz CT molecular complexity index is 1170. The number of halogens is 1. The second kappa shape index (κ2) is 7.91. The normalized spacial score (nSPS) is 15.8. The first-order valence-corrected chi connectivity index (χ1v) is 9.91. The lowest BCUT2D eigenvalue weighted by atomic mass is 9.98. The number of carbonyl (C=O) groups is 1. The number of carbonyl (C=O) groups excluding carboxylic acids is 1. The standard InChI is InChI=1S/C23H23FN2O4/c1-25(2)11-6-12-26-20(15-7-4-5-8-17(15)24)19-21(27)16-10-9-14(29-3)13-18(16)30-22(19)23(26)28/h4-5,7-10,13,20H,6,11-12H2,1-3H3/p+1/t20-/m0/s1. The summed E-state index contributed by atoms with van der Waals surface area (Å²) in [7, 11) is 5.57. The molecular formula is C23H24FN2O4+. The molecule has 1 atom stereocenters. The quantitative estimate of drug-likeness (QED) is 0.674. The van der Waals surface area contributed by atoms with Crippen molar-refractivity contribution in [3.63, 3.8) is 0 Å². The molecule has 0 saturated heterocycles. The van der Waals surface area contributed by atoms with Gasteiger partial charge in [-0.1, -0.05) is 18.2 Å². The van der Waals surface area contributed by atoms with Gasteiger partial charge < -0.3 is 19.0 Å². The molecule has 7 heteroatoms. The topological polar surface area (TPSA) is 64.2 Å². The van der Waals surface area contributed by atoms with Crippen molar-refractivity contribution < 1.29 is 23.2 Å². The van der Waals surface area contributed by atoms with Gasteiger partial charge in [0.1, 0.15) is 17.1 Å². The minimum atomic E-state index is -0.811. The van der Waals surface area contributed by atoms with Crippen LogP contribution in [0.3, 0.4) is 0 Å². The molecule has 1 amide bonds. The predicted molar refractivity (Wildman–Crippen MR) is 111 cm³/mol.